The fourth-order valence-corrected chi connectivity index (χ4v) is 2.83. The molecule has 0 radical (unpaired) electrons. The number of nitrogens with zero attached hydrogens (tertiary/aromatic N) is 1. The van der Waals surface area contributed by atoms with Gasteiger partial charge in [-0.05, 0) is 60.9 Å². The van der Waals surface area contributed by atoms with E-state index in [0.717, 1.165) is 7.11 Å². The highest BCUT2D eigenvalue weighted by molar-refractivity contribution is 6.00. The van der Waals surface area contributed by atoms with E-state index in [1.165, 1.54) is 0 Å². The molecule has 2 N–H and O–H groups in total. The number of nitrogens with two attached hydrogens (primary N) is 1. The lowest BCUT2D eigenvalue weighted by molar-refractivity contribution is -0.150. The summed E-state index contributed by atoms with van der Waals surface area (Å²) in [5.41, 5.74) is -0.798. The summed E-state index contributed by atoms with van der Waals surface area (Å²) in [5, 5.41) is 0. The molecule has 2 amide bonds. The molecular weight excluding hydrogens is 395 g/mol. The number of esters is 1. The first-order valence-corrected chi connectivity index (χ1v) is 8.87. The van der Waals surface area contributed by atoms with Crippen molar-refractivity contribution in [1.29, 1.82) is 0 Å². The lowest BCUT2D eigenvalue weighted by atomic mass is 10.1. The van der Waals surface area contributed by atoms with E-state index in [1.54, 1.807) is 41.5 Å². The molecule has 2 atom stereocenters. The second-order valence-electron chi connectivity index (χ2n) is 8.68. The standard InChI is InChI=1S/C18H31FN2O6.ClH/c1-15(2,3)26-13(23)21(14(24)27-16(4,5)6)18(12(22)25-7)11-17(18,19)9-8-10-20;/h8-11,20H2,1-7H3;1H/t17-,18+;/m0./s1. The van der Waals surface area contributed by atoms with Crippen molar-refractivity contribution in [3.8, 4) is 0 Å². The summed E-state index contributed by atoms with van der Waals surface area (Å²) in [7, 11) is 1.06. The smallest absolute Gasteiger partial charge is 0.420 e. The molecule has 10 heteroatoms. The molecular formula is C18H32ClFN2O6. The zero-order chi connectivity index (χ0) is 21.3. The molecule has 0 aromatic rings. The minimum atomic E-state index is -2.16. The average Bonchev–Trinajstić information content (AvgIpc) is 3.07. The summed E-state index contributed by atoms with van der Waals surface area (Å²) in [5.74, 6) is -1.04. The number of halogens is 2. The van der Waals surface area contributed by atoms with E-state index in [0.29, 0.717) is 4.90 Å². The van der Waals surface area contributed by atoms with Gasteiger partial charge in [0.25, 0.3) is 0 Å². The van der Waals surface area contributed by atoms with Gasteiger partial charge in [0.05, 0.1) is 7.11 Å². The molecule has 0 heterocycles. The van der Waals surface area contributed by atoms with Gasteiger partial charge in [0, 0.05) is 6.42 Å². The highest BCUT2D eigenvalue weighted by Gasteiger charge is 2.80. The van der Waals surface area contributed by atoms with E-state index < -0.39 is 47.0 Å². The third-order valence-electron chi connectivity index (χ3n) is 3.99. The van der Waals surface area contributed by atoms with Crippen LogP contribution in [0.4, 0.5) is 14.0 Å². The van der Waals surface area contributed by atoms with Crippen molar-refractivity contribution in [3.63, 3.8) is 0 Å². The van der Waals surface area contributed by atoms with Crippen LogP contribution in [0.5, 0.6) is 0 Å². The van der Waals surface area contributed by atoms with Gasteiger partial charge >= 0.3 is 18.2 Å². The number of hydrogen-bond donors (Lipinski definition) is 1. The summed E-state index contributed by atoms with van der Waals surface area (Å²) < 4.78 is 30.7. The van der Waals surface area contributed by atoms with Crippen LogP contribution in [0.2, 0.25) is 0 Å². The SMILES string of the molecule is COC(=O)[C@]1(N(C(=O)OC(C)(C)C)C(=O)OC(C)(C)C)C[C@@]1(F)CCCN.Cl. The predicted octanol–water partition coefficient (Wildman–Crippen LogP) is 3.34. The molecule has 28 heavy (non-hydrogen) atoms. The third kappa shape index (κ3) is 5.70. The van der Waals surface area contributed by atoms with Gasteiger partial charge in [-0.25, -0.2) is 18.8 Å². The van der Waals surface area contributed by atoms with E-state index in [4.69, 9.17) is 19.9 Å². The van der Waals surface area contributed by atoms with E-state index in [1.807, 2.05) is 0 Å². The summed E-state index contributed by atoms with van der Waals surface area (Å²) in [6, 6.07) is 0. The van der Waals surface area contributed by atoms with Crippen LogP contribution >= 0.6 is 12.4 Å². The maximum Gasteiger partial charge on any atom is 0.420 e. The van der Waals surface area contributed by atoms with Crippen LogP contribution in [0.3, 0.4) is 0 Å². The summed E-state index contributed by atoms with van der Waals surface area (Å²) in [4.78, 5) is 38.4. The number of ether oxygens (including phenoxy) is 3. The Morgan fingerprint density at radius 2 is 1.46 bits per heavy atom. The van der Waals surface area contributed by atoms with Gasteiger partial charge in [-0.1, -0.05) is 0 Å². The molecule has 8 nitrogen and oxygen atoms in total. The summed E-state index contributed by atoms with van der Waals surface area (Å²) >= 11 is 0. The van der Waals surface area contributed by atoms with Crippen molar-refractivity contribution in [3.05, 3.63) is 0 Å². The molecule has 0 aromatic carbocycles. The Balaban J connectivity index is 0.00000729. The molecule has 0 bridgehead atoms. The summed E-state index contributed by atoms with van der Waals surface area (Å²) in [6.45, 7) is 9.74. The molecule has 0 unspecified atom stereocenters. The zero-order valence-electron chi connectivity index (χ0n) is 17.6. The van der Waals surface area contributed by atoms with Gasteiger partial charge in [0.15, 0.2) is 5.54 Å². The molecule has 1 aliphatic carbocycles. The Morgan fingerprint density at radius 3 is 1.79 bits per heavy atom. The minimum absolute atomic E-state index is 0. The van der Waals surface area contributed by atoms with Crippen molar-refractivity contribution >= 4 is 30.6 Å². The molecule has 1 aliphatic rings. The second kappa shape index (κ2) is 8.82. The normalized spacial score (nSPS) is 23.9. The van der Waals surface area contributed by atoms with Crippen LogP contribution in [-0.2, 0) is 19.0 Å². The number of carbonyl (C=O) groups excluding carboxylic acids is 3. The number of amides is 2. The molecule has 0 saturated heterocycles. The Bertz CT molecular complexity index is 576. The van der Waals surface area contributed by atoms with Gasteiger partial charge < -0.3 is 19.9 Å². The molecule has 1 fully saturated rings. The molecule has 0 aliphatic heterocycles. The maximum atomic E-state index is 15.5. The van der Waals surface area contributed by atoms with E-state index in [9.17, 15) is 14.4 Å². The van der Waals surface area contributed by atoms with Crippen molar-refractivity contribution in [2.75, 3.05) is 13.7 Å². The van der Waals surface area contributed by atoms with Crippen molar-refractivity contribution in [2.24, 2.45) is 5.73 Å². The Hall–Kier alpha value is -1.61. The van der Waals surface area contributed by atoms with E-state index >= 15 is 4.39 Å². The molecule has 0 spiro atoms. The Kier molecular flexibility index (Phi) is 8.31. The highest BCUT2D eigenvalue weighted by Crippen LogP contribution is 2.59. The maximum absolute atomic E-state index is 15.5. The minimum Gasteiger partial charge on any atom is -0.467 e. The van der Waals surface area contributed by atoms with E-state index in [-0.39, 0.29) is 31.8 Å². The summed E-state index contributed by atoms with van der Waals surface area (Å²) in [6.07, 6.45) is -2.58. The predicted molar refractivity (Wildman–Crippen MR) is 103 cm³/mol. The van der Waals surface area contributed by atoms with Gasteiger partial charge in [-0.15, -0.1) is 12.4 Å². The highest BCUT2D eigenvalue weighted by atomic mass is 35.5. The fourth-order valence-electron chi connectivity index (χ4n) is 2.83. The largest absolute Gasteiger partial charge is 0.467 e. The third-order valence-corrected chi connectivity index (χ3v) is 3.99. The van der Waals surface area contributed by atoms with Crippen LogP contribution in [0.1, 0.15) is 60.8 Å². The van der Waals surface area contributed by atoms with Gasteiger partial charge in [0.2, 0.25) is 0 Å². The van der Waals surface area contributed by atoms with Gasteiger partial charge in [-0.3, -0.25) is 0 Å². The second-order valence-corrected chi connectivity index (χ2v) is 8.68. The monoisotopic (exact) mass is 426 g/mol. The van der Waals surface area contributed by atoms with Crippen molar-refractivity contribution in [1.82, 2.24) is 4.90 Å². The number of alkyl halides is 1. The first-order valence-electron chi connectivity index (χ1n) is 8.87. The molecule has 164 valence electrons. The average molecular weight is 427 g/mol. The molecule has 1 saturated carbocycles. The van der Waals surface area contributed by atoms with Crippen LogP contribution in [0.15, 0.2) is 0 Å². The van der Waals surface area contributed by atoms with Crippen molar-refractivity contribution < 1.29 is 33.0 Å². The topological polar surface area (TPSA) is 108 Å². The van der Waals surface area contributed by atoms with Crippen LogP contribution in [-0.4, -0.2) is 59.1 Å². The number of methoxy groups -OCH3 is 1. The number of rotatable bonds is 5. The molecule has 1 rings (SSSR count). The molecule has 0 aromatic heterocycles. The Labute approximate surface area is 171 Å². The van der Waals surface area contributed by atoms with Gasteiger partial charge in [-0.2, -0.15) is 4.90 Å². The van der Waals surface area contributed by atoms with Crippen LogP contribution < -0.4 is 5.73 Å². The number of imide groups is 1. The Morgan fingerprint density at radius 1 is 1.04 bits per heavy atom. The van der Waals surface area contributed by atoms with Gasteiger partial charge in [0.1, 0.15) is 16.9 Å². The fraction of sp³-hybridized carbons (Fsp3) is 0.833. The van der Waals surface area contributed by atoms with Crippen LogP contribution in [0, 0.1) is 0 Å². The first kappa shape index (κ1) is 26.4. The quantitative estimate of drug-likeness (QED) is 0.530. The first-order chi connectivity index (χ1) is 12.1. The van der Waals surface area contributed by atoms with Crippen LogP contribution in [0.25, 0.3) is 0 Å². The number of carbonyl (C=O) groups is 3. The van der Waals surface area contributed by atoms with Crippen molar-refractivity contribution in [2.45, 2.75) is 83.2 Å². The lowest BCUT2D eigenvalue weighted by Gasteiger charge is -2.33. The lowest BCUT2D eigenvalue weighted by Crippen LogP contribution is -2.57. The zero-order valence-corrected chi connectivity index (χ0v) is 18.4. The number of hydrogen-bond acceptors (Lipinski definition) is 7. The van der Waals surface area contributed by atoms with E-state index in [2.05, 4.69) is 0 Å².